The summed E-state index contributed by atoms with van der Waals surface area (Å²) in [7, 11) is 1.54. The van der Waals surface area contributed by atoms with Crippen molar-refractivity contribution < 1.29 is 18.7 Å². The number of rotatable bonds is 4. The molecule has 1 aromatic rings. The third kappa shape index (κ3) is 2.69. The fourth-order valence-electron chi connectivity index (χ4n) is 1.10. The highest BCUT2D eigenvalue weighted by atomic mass is 35.5. The summed E-state index contributed by atoms with van der Waals surface area (Å²) in [5, 5.41) is 11.3. The Hall–Kier alpha value is -0.630. The lowest BCUT2D eigenvalue weighted by atomic mass is 10.3. The van der Waals surface area contributed by atoms with Gasteiger partial charge < -0.3 is 15.0 Å². The summed E-state index contributed by atoms with van der Waals surface area (Å²) < 4.78 is 20.1. The molecule has 0 saturated carbocycles. The first-order chi connectivity index (χ1) is 6.97. The van der Waals surface area contributed by atoms with Gasteiger partial charge in [-0.05, 0) is 0 Å². The van der Waals surface area contributed by atoms with Crippen LogP contribution < -0.4 is 5.32 Å². The molecular formula is C7H8ClNO4S2. The molecule has 1 rings (SSSR count). The zero-order valence-corrected chi connectivity index (χ0v) is 10.0. The Morgan fingerprint density at radius 3 is 2.67 bits per heavy atom. The number of hydrogen-bond donors (Lipinski definition) is 3. The third-order valence-electron chi connectivity index (χ3n) is 1.63. The molecule has 5 nitrogen and oxygen atoms in total. The SMILES string of the molecule is CNc1c(CC(=O)O)sc(Cl)c1S(=O)O. The van der Waals surface area contributed by atoms with E-state index in [1.807, 2.05) is 0 Å². The van der Waals surface area contributed by atoms with E-state index < -0.39 is 17.0 Å². The lowest BCUT2D eigenvalue weighted by Gasteiger charge is -2.02. The third-order valence-corrected chi connectivity index (χ3v) is 4.03. The molecule has 0 aliphatic heterocycles. The van der Waals surface area contributed by atoms with Gasteiger partial charge in [-0.3, -0.25) is 4.79 Å². The van der Waals surface area contributed by atoms with Crippen LogP contribution in [0.5, 0.6) is 0 Å². The number of nitrogens with one attached hydrogen (secondary N) is 1. The van der Waals surface area contributed by atoms with Crippen molar-refractivity contribution in [2.45, 2.75) is 11.3 Å². The zero-order chi connectivity index (χ0) is 11.6. The summed E-state index contributed by atoms with van der Waals surface area (Å²) in [6.07, 6.45) is -0.224. The van der Waals surface area contributed by atoms with Gasteiger partial charge in [-0.1, -0.05) is 11.6 Å². The summed E-state index contributed by atoms with van der Waals surface area (Å²) in [4.78, 5) is 11.0. The molecule has 84 valence electrons. The summed E-state index contributed by atoms with van der Waals surface area (Å²) in [6, 6.07) is 0. The van der Waals surface area contributed by atoms with Gasteiger partial charge in [0.25, 0.3) is 0 Å². The Morgan fingerprint density at radius 2 is 2.27 bits per heavy atom. The number of carboxylic acids is 1. The Kier molecular flexibility index (Phi) is 4.09. The maximum Gasteiger partial charge on any atom is 0.308 e. The van der Waals surface area contributed by atoms with Gasteiger partial charge in [-0.25, -0.2) is 4.21 Å². The fourth-order valence-corrected chi connectivity index (χ4v) is 3.53. The molecular weight excluding hydrogens is 262 g/mol. The minimum absolute atomic E-state index is 0.0421. The van der Waals surface area contributed by atoms with Crippen LogP contribution in [0.15, 0.2) is 4.90 Å². The van der Waals surface area contributed by atoms with Crippen LogP contribution in [0, 0.1) is 0 Å². The molecule has 1 heterocycles. The van der Waals surface area contributed by atoms with E-state index in [0.29, 0.717) is 10.6 Å². The van der Waals surface area contributed by atoms with Gasteiger partial charge in [-0.2, -0.15) is 0 Å². The van der Waals surface area contributed by atoms with Crippen molar-refractivity contribution in [2.24, 2.45) is 0 Å². The highest BCUT2D eigenvalue weighted by Gasteiger charge is 2.21. The summed E-state index contributed by atoms with van der Waals surface area (Å²) in [5.74, 6) is -1.01. The van der Waals surface area contributed by atoms with E-state index in [1.165, 1.54) is 0 Å². The molecule has 0 aliphatic rings. The molecule has 8 heteroatoms. The topological polar surface area (TPSA) is 86.6 Å². The van der Waals surface area contributed by atoms with Crippen LogP contribution in [0.25, 0.3) is 0 Å². The van der Waals surface area contributed by atoms with Gasteiger partial charge in [-0.15, -0.1) is 11.3 Å². The van der Waals surface area contributed by atoms with Crippen LogP contribution in [0.1, 0.15) is 4.88 Å². The lowest BCUT2D eigenvalue weighted by Crippen LogP contribution is -2.02. The highest BCUT2D eigenvalue weighted by molar-refractivity contribution is 7.79. The van der Waals surface area contributed by atoms with Crippen LogP contribution in [0.3, 0.4) is 0 Å². The van der Waals surface area contributed by atoms with Crippen LogP contribution in [-0.2, 0) is 22.3 Å². The van der Waals surface area contributed by atoms with Crippen molar-refractivity contribution in [3.05, 3.63) is 9.21 Å². The quantitative estimate of drug-likeness (QED) is 0.724. The molecule has 0 aliphatic carbocycles. The predicted octanol–water partition coefficient (Wildman–Crippen LogP) is 1.65. The second kappa shape index (κ2) is 4.93. The molecule has 0 radical (unpaired) electrons. The normalized spacial score (nSPS) is 12.5. The Labute approximate surface area is 97.4 Å². The van der Waals surface area contributed by atoms with Gasteiger partial charge in [0.15, 0.2) is 11.1 Å². The second-order valence-corrected chi connectivity index (χ2v) is 5.19. The molecule has 0 fully saturated rings. The Balaban J connectivity index is 3.24. The van der Waals surface area contributed by atoms with E-state index in [4.69, 9.17) is 21.3 Å². The van der Waals surface area contributed by atoms with E-state index in [9.17, 15) is 9.00 Å². The van der Waals surface area contributed by atoms with Crippen molar-refractivity contribution in [1.82, 2.24) is 0 Å². The van der Waals surface area contributed by atoms with E-state index in [2.05, 4.69) is 5.32 Å². The summed E-state index contributed by atoms with van der Waals surface area (Å²) in [6.45, 7) is 0. The first-order valence-electron chi connectivity index (χ1n) is 3.79. The number of carbonyl (C=O) groups is 1. The number of aliphatic carboxylic acids is 1. The zero-order valence-electron chi connectivity index (χ0n) is 7.61. The molecule has 1 aromatic heterocycles. The number of thiophene rings is 1. The van der Waals surface area contributed by atoms with E-state index in [-0.39, 0.29) is 15.7 Å². The first-order valence-corrected chi connectivity index (χ1v) is 6.09. The van der Waals surface area contributed by atoms with Gasteiger partial charge in [0.05, 0.1) is 12.1 Å². The summed E-state index contributed by atoms with van der Waals surface area (Å²) >= 11 is 4.51. The molecule has 0 aromatic carbocycles. The van der Waals surface area contributed by atoms with Crippen molar-refractivity contribution in [3.63, 3.8) is 0 Å². The number of hydrogen-bond acceptors (Lipinski definition) is 4. The molecule has 0 saturated heterocycles. The van der Waals surface area contributed by atoms with Crippen LogP contribution in [-0.4, -0.2) is 26.9 Å². The minimum atomic E-state index is -2.22. The molecule has 0 spiro atoms. The van der Waals surface area contributed by atoms with Gasteiger partial charge in [0, 0.05) is 11.9 Å². The summed E-state index contributed by atoms with van der Waals surface area (Å²) in [5.41, 5.74) is 0.327. The van der Waals surface area contributed by atoms with Crippen LogP contribution in [0.2, 0.25) is 4.34 Å². The van der Waals surface area contributed by atoms with E-state index in [0.717, 1.165) is 11.3 Å². The molecule has 15 heavy (non-hydrogen) atoms. The predicted molar refractivity (Wildman–Crippen MR) is 59.3 cm³/mol. The average molecular weight is 270 g/mol. The second-order valence-electron chi connectivity index (χ2n) is 2.57. The molecule has 1 unspecified atom stereocenters. The Morgan fingerprint density at radius 1 is 1.67 bits per heavy atom. The maximum atomic E-state index is 10.9. The first kappa shape index (κ1) is 12.4. The van der Waals surface area contributed by atoms with E-state index >= 15 is 0 Å². The van der Waals surface area contributed by atoms with Crippen molar-refractivity contribution in [3.8, 4) is 0 Å². The van der Waals surface area contributed by atoms with E-state index in [1.54, 1.807) is 7.05 Å². The molecule has 0 amide bonds. The largest absolute Gasteiger partial charge is 0.481 e. The van der Waals surface area contributed by atoms with Crippen molar-refractivity contribution in [2.75, 3.05) is 12.4 Å². The standard InChI is InChI=1S/C7H8ClNO4S2/c1-9-5-3(2-4(10)11)14-7(8)6(5)15(12)13/h9H,2H2,1H3,(H,10,11)(H,12,13). The van der Waals surface area contributed by atoms with Gasteiger partial charge >= 0.3 is 5.97 Å². The molecule has 0 bridgehead atoms. The Bertz CT molecular complexity index is 417. The maximum absolute atomic E-state index is 10.9. The number of carboxylic acid groups (broad SMARTS) is 1. The van der Waals surface area contributed by atoms with Gasteiger partial charge in [0.1, 0.15) is 9.23 Å². The molecule has 3 N–H and O–H groups in total. The van der Waals surface area contributed by atoms with Crippen LogP contribution >= 0.6 is 22.9 Å². The fraction of sp³-hybridized carbons (Fsp3) is 0.286. The smallest absolute Gasteiger partial charge is 0.308 e. The number of halogens is 1. The minimum Gasteiger partial charge on any atom is -0.481 e. The highest BCUT2D eigenvalue weighted by Crippen LogP contribution is 2.39. The van der Waals surface area contributed by atoms with Crippen molar-refractivity contribution in [1.29, 1.82) is 0 Å². The average Bonchev–Trinajstić information content (AvgIpc) is 2.40. The van der Waals surface area contributed by atoms with Gasteiger partial charge in [0.2, 0.25) is 0 Å². The lowest BCUT2D eigenvalue weighted by molar-refractivity contribution is -0.136. The van der Waals surface area contributed by atoms with Crippen molar-refractivity contribution >= 4 is 45.7 Å². The molecule has 1 atom stereocenters. The number of anilines is 1. The monoisotopic (exact) mass is 269 g/mol. The van der Waals surface area contributed by atoms with Crippen LogP contribution in [0.4, 0.5) is 5.69 Å².